The van der Waals surface area contributed by atoms with Crippen molar-refractivity contribution in [3.05, 3.63) is 11.7 Å². The van der Waals surface area contributed by atoms with Gasteiger partial charge in [0.15, 0.2) is 5.82 Å². The maximum Gasteiger partial charge on any atom is 0.303 e. The first-order valence-corrected chi connectivity index (χ1v) is 5.85. The Bertz CT molecular complexity index is 403. The van der Waals surface area contributed by atoms with Crippen molar-refractivity contribution in [1.29, 1.82) is 0 Å². The number of carboxylic acids is 1. The van der Waals surface area contributed by atoms with Crippen molar-refractivity contribution in [2.24, 2.45) is 0 Å². The minimum absolute atomic E-state index is 0.0961. The summed E-state index contributed by atoms with van der Waals surface area (Å²) < 4.78 is 4.88. The molecule has 1 rings (SSSR count). The fraction of sp³-hybridized carbons (Fsp3) is 0.636. The largest absolute Gasteiger partial charge is 0.481 e. The van der Waals surface area contributed by atoms with Gasteiger partial charge in [-0.25, -0.2) is 0 Å². The van der Waals surface area contributed by atoms with E-state index < -0.39 is 5.97 Å². The summed E-state index contributed by atoms with van der Waals surface area (Å²) in [6.45, 7) is 2.21. The van der Waals surface area contributed by atoms with Crippen LogP contribution in [0.5, 0.6) is 0 Å². The molecule has 1 heterocycles. The number of carbonyl (C=O) groups is 2. The molecule has 0 atom stereocenters. The second-order valence-electron chi connectivity index (χ2n) is 3.94. The lowest BCUT2D eigenvalue weighted by molar-refractivity contribution is -0.137. The normalized spacial score (nSPS) is 10.3. The van der Waals surface area contributed by atoms with Crippen LogP contribution in [0.15, 0.2) is 4.52 Å². The Morgan fingerprint density at radius 2 is 2.11 bits per heavy atom. The number of nitrogens with one attached hydrogen (secondary N) is 1. The molecule has 0 bridgehead atoms. The van der Waals surface area contributed by atoms with Gasteiger partial charge in [0.2, 0.25) is 11.8 Å². The van der Waals surface area contributed by atoms with Crippen LogP contribution in [0.25, 0.3) is 0 Å². The summed E-state index contributed by atoms with van der Waals surface area (Å²) in [4.78, 5) is 25.6. The van der Waals surface area contributed by atoms with E-state index in [1.165, 1.54) is 0 Å². The number of hydrogen-bond donors (Lipinski definition) is 2. The average Bonchev–Trinajstić information content (AvgIpc) is 2.71. The SMILES string of the molecule is Cc1noc(CCC(=O)NCCCCC(=O)O)n1. The van der Waals surface area contributed by atoms with E-state index >= 15 is 0 Å². The molecule has 0 fully saturated rings. The first-order valence-electron chi connectivity index (χ1n) is 5.85. The number of hydrogen-bond acceptors (Lipinski definition) is 5. The Morgan fingerprint density at radius 1 is 1.33 bits per heavy atom. The van der Waals surface area contributed by atoms with Crippen LogP contribution in [0.3, 0.4) is 0 Å². The van der Waals surface area contributed by atoms with Gasteiger partial charge in [0.05, 0.1) is 0 Å². The Labute approximate surface area is 105 Å². The molecule has 0 aromatic carbocycles. The number of carbonyl (C=O) groups excluding carboxylic acids is 1. The van der Waals surface area contributed by atoms with Crippen LogP contribution in [-0.4, -0.2) is 33.7 Å². The Morgan fingerprint density at radius 3 is 2.72 bits per heavy atom. The third-order valence-electron chi connectivity index (χ3n) is 2.28. The number of aromatic nitrogens is 2. The molecule has 0 unspecified atom stereocenters. The van der Waals surface area contributed by atoms with Gasteiger partial charge in [-0.1, -0.05) is 5.16 Å². The van der Waals surface area contributed by atoms with Crippen LogP contribution in [0.1, 0.15) is 37.4 Å². The number of aliphatic carboxylic acids is 1. The van der Waals surface area contributed by atoms with Crippen molar-refractivity contribution in [3.63, 3.8) is 0 Å². The highest BCUT2D eigenvalue weighted by Gasteiger charge is 2.06. The van der Waals surface area contributed by atoms with E-state index in [1.807, 2.05) is 0 Å². The van der Waals surface area contributed by atoms with Crippen molar-refractivity contribution in [1.82, 2.24) is 15.5 Å². The molecule has 1 aromatic rings. The predicted molar refractivity (Wildman–Crippen MR) is 61.9 cm³/mol. The summed E-state index contributed by atoms with van der Waals surface area (Å²) in [5.74, 6) is 0.0990. The molecule has 1 amide bonds. The molecule has 0 saturated heterocycles. The zero-order chi connectivity index (χ0) is 13.4. The van der Waals surface area contributed by atoms with E-state index in [0.717, 1.165) is 0 Å². The van der Waals surface area contributed by atoms with Crippen LogP contribution in [0.2, 0.25) is 0 Å². The fourth-order valence-electron chi connectivity index (χ4n) is 1.38. The number of nitrogens with zero attached hydrogens (tertiary/aromatic N) is 2. The summed E-state index contributed by atoms with van der Waals surface area (Å²) in [6, 6.07) is 0. The maximum atomic E-state index is 11.4. The van der Waals surface area contributed by atoms with E-state index in [4.69, 9.17) is 9.63 Å². The van der Waals surface area contributed by atoms with E-state index in [0.29, 0.717) is 43.9 Å². The molecule has 0 saturated carbocycles. The predicted octanol–water partition coefficient (Wildman–Crippen LogP) is 0.682. The first kappa shape index (κ1) is 14.1. The second kappa shape index (κ2) is 7.41. The number of amides is 1. The molecule has 0 radical (unpaired) electrons. The zero-order valence-electron chi connectivity index (χ0n) is 10.3. The molecule has 2 N–H and O–H groups in total. The molecular formula is C11H17N3O4. The van der Waals surface area contributed by atoms with Gasteiger partial charge in [-0.3, -0.25) is 9.59 Å². The van der Waals surface area contributed by atoms with Gasteiger partial charge in [-0.15, -0.1) is 0 Å². The van der Waals surface area contributed by atoms with E-state index in [2.05, 4.69) is 15.5 Å². The Hall–Kier alpha value is -1.92. The summed E-state index contributed by atoms with van der Waals surface area (Å²) in [5.41, 5.74) is 0. The van der Waals surface area contributed by atoms with Gasteiger partial charge >= 0.3 is 5.97 Å². The van der Waals surface area contributed by atoms with E-state index in [1.54, 1.807) is 6.92 Å². The van der Waals surface area contributed by atoms with Gasteiger partial charge in [0.25, 0.3) is 0 Å². The van der Waals surface area contributed by atoms with Crippen LogP contribution in [-0.2, 0) is 16.0 Å². The highest BCUT2D eigenvalue weighted by molar-refractivity contribution is 5.75. The van der Waals surface area contributed by atoms with Crippen molar-refractivity contribution in [2.75, 3.05) is 6.54 Å². The molecule has 1 aromatic heterocycles. The Balaban J connectivity index is 2.05. The van der Waals surface area contributed by atoms with Crippen LogP contribution in [0.4, 0.5) is 0 Å². The first-order chi connectivity index (χ1) is 8.58. The minimum atomic E-state index is -0.812. The molecule has 0 aliphatic heterocycles. The summed E-state index contributed by atoms with van der Waals surface area (Å²) in [5, 5.41) is 14.8. The smallest absolute Gasteiger partial charge is 0.303 e. The molecule has 100 valence electrons. The molecule has 7 nitrogen and oxygen atoms in total. The van der Waals surface area contributed by atoms with Crippen LogP contribution >= 0.6 is 0 Å². The van der Waals surface area contributed by atoms with Gasteiger partial charge in [0, 0.05) is 25.8 Å². The van der Waals surface area contributed by atoms with Crippen LogP contribution < -0.4 is 5.32 Å². The van der Waals surface area contributed by atoms with E-state index in [-0.39, 0.29) is 12.3 Å². The number of carboxylic acid groups (broad SMARTS) is 1. The highest BCUT2D eigenvalue weighted by atomic mass is 16.5. The number of unbranched alkanes of at least 4 members (excludes halogenated alkanes) is 1. The maximum absolute atomic E-state index is 11.4. The lowest BCUT2D eigenvalue weighted by atomic mass is 10.2. The lowest BCUT2D eigenvalue weighted by Gasteiger charge is -2.02. The van der Waals surface area contributed by atoms with Gasteiger partial charge < -0.3 is 14.9 Å². The molecule has 0 aliphatic rings. The number of aryl methyl sites for hydroxylation is 2. The van der Waals surface area contributed by atoms with Crippen molar-refractivity contribution < 1.29 is 19.2 Å². The third-order valence-corrected chi connectivity index (χ3v) is 2.28. The van der Waals surface area contributed by atoms with Crippen molar-refractivity contribution >= 4 is 11.9 Å². The molecule has 0 spiro atoms. The standard InChI is InChI=1S/C11H17N3O4/c1-8-13-10(18-14-8)6-5-9(15)12-7-3-2-4-11(16)17/h2-7H2,1H3,(H,12,15)(H,16,17). The molecule has 0 aliphatic carbocycles. The summed E-state index contributed by atoms with van der Waals surface area (Å²) >= 11 is 0. The van der Waals surface area contributed by atoms with Gasteiger partial charge in [-0.05, 0) is 19.8 Å². The average molecular weight is 255 g/mol. The fourth-order valence-corrected chi connectivity index (χ4v) is 1.38. The second-order valence-corrected chi connectivity index (χ2v) is 3.94. The van der Waals surface area contributed by atoms with Crippen molar-refractivity contribution in [2.45, 2.75) is 39.0 Å². The van der Waals surface area contributed by atoms with Gasteiger partial charge in [0.1, 0.15) is 0 Å². The monoisotopic (exact) mass is 255 g/mol. The summed E-state index contributed by atoms with van der Waals surface area (Å²) in [6.07, 6.45) is 2.08. The minimum Gasteiger partial charge on any atom is -0.481 e. The number of rotatable bonds is 8. The molecule has 18 heavy (non-hydrogen) atoms. The van der Waals surface area contributed by atoms with Gasteiger partial charge in [-0.2, -0.15) is 4.98 Å². The summed E-state index contributed by atoms with van der Waals surface area (Å²) in [7, 11) is 0. The third kappa shape index (κ3) is 5.97. The molecular weight excluding hydrogens is 238 g/mol. The highest BCUT2D eigenvalue weighted by Crippen LogP contribution is 2.00. The lowest BCUT2D eigenvalue weighted by Crippen LogP contribution is -2.24. The quantitative estimate of drug-likeness (QED) is 0.662. The van der Waals surface area contributed by atoms with E-state index in [9.17, 15) is 9.59 Å². The Kier molecular flexibility index (Phi) is 5.83. The zero-order valence-corrected chi connectivity index (χ0v) is 10.3. The topological polar surface area (TPSA) is 105 Å². The van der Waals surface area contributed by atoms with Crippen LogP contribution in [0, 0.1) is 6.92 Å². The molecule has 7 heteroatoms. The van der Waals surface area contributed by atoms with Crippen molar-refractivity contribution in [3.8, 4) is 0 Å².